The van der Waals surface area contributed by atoms with E-state index in [2.05, 4.69) is 11.9 Å². The van der Waals surface area contributed by atoms with Gasteiger partial charge in [-0.25, -0.2) is 0 Å². The van der Waals surface area contributed by atoms with Gasteiger partial charge in [-0.1, -0.05) is 6.92 Å². The van der Waals surface area contributed by atoms with E-state index in [0.29, 0.717) is 5.57 Å². The van der Waals surface area contributed by atoms with Crippen molar-refractivity contribution in [3.63, 3.8) is 0 Å². The Morgan fingerprint density at radius 3 is 2.93 bits per heavy atom. The fourth-order valence-electron chi connectivity index (χ4n) is 1.18. The molecule has 15 heavy (non-hydrogen) atoms. The molecule has 1 aromatic rings. The molecule has 0 bridgehead atoms. The topological polar surface area (TPSA) is 56.0 Å². The van der Waals surface area contributed by atoms with Crippen molar-refractivity contribution in [3.05, 3.63) is 29.7 Å². The standard InChI is InChI=1S/C11H14N2OS/c1-3-15-11-4-9(6-13-8(11)2)10(5-12)7-14/h4-7H,3,12H2,1-2H3. The van der Waals surface area contributed by atoms with Crippen LogP contribution in [0.5, 0.6) is 0 Å². The third-order valence-corrected chi connectivity index (χ3v) is 2.99. The normalized spacial score (nSPS) is 11.5. The van der Waals surface area contributed by atoms with Gasteiger partial charge in [0.2, 0.25) is 0 Å². The summed E-state index contributed by atoms with van der Waals surface area (Å²) in [6.45, 7) is 4.03. The molecule has 1 aromatic heterocycles. The van der Waals surface area contributed by atoms with E-state index >= 15 is 0 Å². The minimum Gasteiger partial charge on any atom is -0.404 e. The smallest absolute Gasteiger partial charge is 0.152 e. The monoisotopic (exact) mass is 222 g/mol. The van der Waals surface area contributed by atoms with Gasteiger partial charge in [0, 0.05) is 28.4 Å². The largest absolute Gasteiger partial charge is 0.404 e. The number of nitrogens with two attached hydrogens (primary N) is 1. The molecule has 0 aromatic carbocycles. The number of aromatic nitrogens is 1. The summed E-state index contributed by atoms with van der Waals surface area (Å²) >= 11 is 1.71. The zero-order valence-corrected chi connectivity index (χ0v) is 9.67. The summed E-state index contributed by atoms with van der Waals surface area (Å²) in [6.07, 6.45) is 3.72. The molecule has 80 valence electrons. The second kappa shape index (κ2) is 5.56. The minimum absolute atomic E-state index is 0.473. The summed E-state index contributed by atoms with van der Waals surface area (Å²) in [4.78, 5) is 16.0. The van der Waals surface area contributed by atoms with Crippen molar-refractivity contribution in [3.8, 4) is 0 Å². The highest BCUT2D eigenvalue weighted by Crippen LogP contribution is 2.23. The van der Waals surface area contributed by atoms with E-state index < -0.39 is 0 Å². The summed E-state index contributed by atoms with van der Waals surface area (Å²) < 4.78 is 0. The van der Waals surface area contributed by atoms with Crippen LogP contribution in [0.2, 0.25) is 0 Å². The van der Waals surface area contributed by atoms with Crippen molar-refractivity contribution < 1.29 is 4.79 Å². The summed E-state index contributed by atoms with van der Waals surface area (Å²) in [5.74, 6) is 0.981. The van der Waals surface area contributed by atoms with E-state index in [4.69, 9.17) is 5.73 Å². The lowest BCUT2D eigenvalue weighted by Crippen LogP contribution is -1.95. The van der Waals surface area contributed by atoms with Gasteiger partial charge in [0.05, 0.1) is 5.69 Å². The fourth-order valence-corrected chi connectivity index (χ4v) is 1.96. The maximum absolute atomic E-state index is 10.7. The number of hydrogen-bond acceptors (Lipinski definition) is 4. The van der Waals surface area contributed by atoms with Crippen molar-refractivity contribution in [2.75, 3.05) is 5.75 Å². The summed E-state index contributed by atoms with van der Waals surface area (Å²) in [5.41, 5.74) is 7.57. The Hall–Kier alpha value is -1.29. The van der Waals surface area contributed by atoms with Gasteiger partial charge >= 0.3 is 0 Å². The molecule has 1 rings (SSSR count). The zero-order valence-electron chi connectivity index (χ0n) is 8.86. The van der Waals surface area contributed by atoms with Crippen LogP contribution in [0.4, 0.5) is 0 Å². The van der Waals surface area contributed by atoms with E-state index in [-0.39, 0.29) is 0 Å². The van der Waals surface area contributed by atoms with Crippen LogP contribution in [0.1, 0.15) is 18.2 Å². The molecule has 0 aliphatic carbocycles. The molecule has 2 N–H and O–H groups in total. The van der Waals surface area contributed by atoms with Crippen LogP contribution in [-0.2, 0) is 4.79 Å². The van der Waals surface area contributed by atoms with Crippen molar-refractivity contribution in [1.82, 2.24) is 4.98 Å². The third-order valence-electron chi connectivity index (χ3n) is 1.98. The maximum atomic E-state index is 10.7. The second-order valence-corrected chi connectivity index (χ2v) is 4.29. The van der Waals surface area contributed by atoms with Crippen LogP contribution in [0.25, 0.3) is 5.57 Å². The quantitative estimate of drug-likeness (QED) is 0.481. The maximum Gasteiger partial charge on any atom is 0.152 e. The van der Waals surface area contributed by atoms with E-state index in [1.165, 1.54) is 6.20 Å². The van der Waals surface area contributed by atoms with Crippen LogP contribution in [-0.4, -0.2) is 17.0 Å². The Morgan fingerprint density at radius 1 is 1.67 bits per heavy atom. The molecule has 0 fully saturated rings. The number of aryl methyl sites for hydroxylation is 1. The number of allylic oxidation sites excluding steroid dienone is 1. The first-order valence-corrected chi connectivity index (χ1v) is 5.68. The molecule has 0 radical (unpaired) electrons. The first-order valence-electron chi connectivity index (χ1n) is 4.69. The van der Waals surface area contributed by atoms with Crippen molar-refractivity contribution >= 4 is 23.6 Å². The fraction of sp³-hybridized carbons (Fsp3) is 0.273. The van der Waals surface area contributed by atoms with E-state index in [1.807, 2.05) is 13.0 Å². The number of carbonyl (C=O) groups is 1. The predicted molar refractivity (Wildman–Crippen MR) is 63.6 cm³/mol. The molecule has 3 nitrogen and oxygen atoms in total. The first kappa shape index (κ1) is 11.8. The SMILES string of the molecule is CCSc1cc(C(C=O)=CN)cnc1C. The number of thioether (sulfide) groups is 1. The number of nitrogens with zero attached hydrogens (tertiary/aromatic N) is 1. The Balaban J connectivity index is 3.11. The Kier molecular flexibility index (Phi) is 4.37. The highest BCUT2D eigenvalue weighted by atomic mass is 32.2. The van der Waals surface area contributed by atoms with Gasteiger partial charge in [-0.05, 0) is 18.7 Å². The molecule has 0 atom stereocenters. The molecule has 0 saturated heterocycles. The number of rotatable bonds is 4. The average Bonchev–Trinajstić information content (AvgIpc) is 2.25. The van der Waals surface area contributed by atoms with Crippen LogP contribution < -0.4 is 5.73 Å². The molecule has 0 aliphatic rings. The first-order chi connectivity index (χ1) is 7.22. The van der Waals surface area contributed by atoms with Crippen molar-refractivity contribution in [2.24, 2.45) is 5.73 Å². The van der Waals surface area contributed by atoms with E-state index in [1.54, 1.807) is 18.0 Å². The van der Waals surface area contributed by atoms with Gasteiger partial charge in [0.1, 0.15) is 0 Å². The molecular formula is C11H14N2OS. The highest BCUT2D eigenvalue weighted by Gasteiger charge is 2.05. The molecule has 0 aliphatic heterocycles. The van der Waals surface area contributed by atoms with E-state index in [9.17, 15) is 4.79 Å². The highest BCUT2D eigenvalue weighted by molar-refractivity contribution is 7.99. The van der Waals surface area contributed by atoms with Crippen LogP contribution in [0.15, 0.2) is 23.4 Å². The van der Waals surface area contributed by atoms with Crippen LogP contribution >= 0.6 is 11.8 Å². The van der Waals surface area contributed by atoms with Crippen LogP contribution in [0.3, 0.4) is 0 Å². The Labute approximate surface area is 93.8 Å². The lowest BCUT2D eigenvalue weighted by atomic mass is 10.1. The lowest BCUT2D eigenvalue weighted by molar-refractivity contribution is -0.103. The van der Waals surface area contributed by atoms with Gasteiger partial charge in [-0.15, -0.1) is 11.8 Å². The van der Waals surface area contributed by atoms with Crippen LogP contribution in [0, 0.1) is 6.92 Å². The number of aldehydes is 1. The molecule has 1 heterocycles. The summed E-state index contributed by atoms with van der Waals surface area (Å²) in [5, 5.41) is 0. The van der Waals surface area contributed by atoms with Gasteiger partial charge in [0.15, 0.2) is 6.29 Å². The number of pyridine rings is 1. The predicted octanol–water partition coefficient (Wildman–Crippen LogP) is 2.00. The Morgan fingerprint density at radius 2 is 2.40 bits per heavy atom. The lowest BCUT2D eigenvalue weighted by Gasteiger charge is -2.06. The summed E-state index contributed by atoms with van der Waals surface area (Å²) in [6, 6.07) is 1.95. The van der Waals surface area contributed by atoms with Crippen molar-refractivity contribution in [2.45, 2.75) is 18.7 Å². The third kappa shape index (κ3) is 2.83. The second-order valence-electron chi connectivity index (χ2n) is 2.98. The molecule has 4 heteroatoms. The van der Waals surface area contributed by atoms with Gasteiger partial charge < -0.3 is 5.73 Å². The van der Waals surface area contributed by atoms with Crippen molar-refractivity contribution in [1.29, 1.82) is 0 Å². The molecule has 0 amide bonds. The number of carbonyl (C=O) groups excluding carboxylic acids is 1. The van der Waals surface area contributed by atoms with Gasteiger partial charge in [-0.2, -0.15) is 0 Å². The van der Waals surface area contributed by atoms with Gasteiger partial charge in [0.25, 0.3) is 0 Å². The zero-order chi connectivity index (χ0) is 11.3. The molecule has 0 spiro atoms. The van der Waals surface area contributed by atoms with Gasteiger partial charge in [-0.3, -0.25) is 9.78 Å². The van der Waals surface area contributed by atoms with E-state index in [0.717, 1.165) is 28.2 Å². The molecule has 0 saturated carbocycles. The minimum atomic E-state index is 0.473. The summed E-state index contributed by atoms with van der Waals surface area (Å²) in [7, 11) is 0. The average molecular weight is 222 g/mol. The Bertz CT molecular complexity index is 388. The molecular weight excluding hydrogens is 208 g/mol. The number of hydrogen-bond donors (Lipinski definition) is 1. The molecule has 0 unspecified atom stereocenters.